The number of amides is 1. The van der Waals surface area contributed by atoms with Crippen LogP contribution in [0.5, 0.6) is 0 Å². The lowest BCUT2D eigenvalue weighted by molar-refractivity contribution is -0.0441. The van der Waals surface area contributed by atoms with Gasteiger partial charge in [0.1, 0.15) is 10.7 Å². The second-order valence-corrected chi connectivity index (χ2v) is 8.70. The molecule has 0 radical (unpaired) electrons. The first-order valence-corrected chi connectivity index (χ1v) is 10.1. The first-order valence-electron chi connectivity index (χ1n) is 7.74. The van der Waals surface area contributed by atoms with Crippen molar-refractivity contribution >= 4 is 32.4 Å². The van der Waals surface area contributed by atoms with Crippen molar-refractivity contribution in [2.45, 2.75) is 37.9 Å². The summed E-state index contributed by atoms with van der Waals surface area (Å²) in [4.78, 5) is 16.2. The summed E-state index contributed by atoms with van der Waals surface area (Å²) in [5.74, 6) is -0.431. The number of aromatic nitrogens is 1. The average Bonchev–Trinajstić information content (AvgIpc) is 3.16. The summed E-state index contributed by atoms with van der Waals surface area (Å²) in [7, 11) is -3.77. The van der Waals surface area contributed by atoms with Crippen LogP contribution in [0.15, 0.2) is 27.0 Å². The number of rotatable bonds is 4. The van der Waals surface area contributed by atoms with Crippen molar-refractivity contribution < 1.29 is 22.4 Å². The Hall–Kier alpha value is -1.75. The van der Waals surface area contributed by atoms with Gasteiger partial charge in [-0.25, -0.2) is 13.4 Å². The van der Waals surface area contributed by atoms with E-state index in [9.17, 15) is 13.2 Å². The number of nitrogens with zero attached hydrogens (tertiary/aromatic N) is 2. The van der Waals surface area contributed by atoms with E-state index in [-0.39, 0.29) is 41.7 Å². The van der Waals surface area contributed by atoms with Crippen LogP contribution in [0.3, 0.4) is 0 Å². The number of furan rings is 1. The number of carbonyl (C=O) groups excluding carboxylic acids is 1. The summed E-state index contributed by atoms with van der Waals surface area (Å²) in [6.45, 7) is 5.71. The maximum absolute atomic E-state index is 12.9. The van der Waals surface area contributed by atoms with Crippen molar-refractivity contribution in [1.29, 1.82) is 0 Å². The Labute approximate surface area is 149 Å². The number of nitrogens with one attached hydrogen (secondary N) is 1. The van der Waals surface area contributed by atoms with Crippen molar-refractivity contribution in [1.82, 2.24) is 9.29 Å². The summed E-state index contributed by atoms with van der Waals surface area (Å²) in [5, 5.41) is 4.71. The summed E-state index contributed by atoms with van der Waals surface area (Å²) < 4.78 is 38.2. The van der Waals surface area contributed by atoms with E-state index >= 15 is 0 Å². The Morgan fingerprint density at radius 1 is 1.36 bits per heavy atom. The van der Waals surface area contributed by atoms with Crippen LogP contribution in [0.25, 0.3) is 0 Å². The van der Waals surface area contributed by atoms with E-state index in [1.165, 1.54) is 28.6 Å². The highest BCUT2D eigenvalue weighted by atomic mass is 32.2. The SMILES string of the molecule is Cc1oc(C(=O)Nc2nccs2)cc1S(=O)(=O)N1C[C@H](C)O[C@@H](C)C1. The van der Waals surface area contributed by atoms with E-state index in [4.69, 9.17) is 9.15 Å². The van der Waals surface area contributed by atoms with Gasteiger partial charge in [0.2, 0.25) is 10.0 Å². The predicted molar refractivity (Wildman–Crippen MR) is 92.3 cm³/mol. The van der Waals surface area contributed by atoms with Gasteiger partial charge in [-0.1, -0.05) is 0 Å². The average molecular weight is 385 g/mol. The fourth-order valence-electron chi connectivity index (χ4n) is 2.74. The second-order valence-electron chi connectivity index (χ2n) is 5.90. The smallest absolute Gasteiger partial charge is 0.293 e. The van der Waals surface area contributed by atoms with E-state index in [1.807, 2.05) is 13.8 Å². The standard InChI is InChI=1S/C15H19N3O5S2/c1-9-7-18(8-10(2)22-9)25(20,21)13-6-12(23-11(13)3)14(19)17-15-16-4-5-24-15/h4-6,9-10H,7-8H2,1-3H3,(H,16,17,19)/t9-,10-/m0/s1. The van der Waals surface area contributed by atoms with Gasteiger partial charge in [0.25, 0.3) is 5.91 Å². The molecule has 3 heterocycles. The van der Waals surface area contributed by atoms with E-state index in [1.54, 1.807) is 11.6 Å². The Morgan fingerprint density at radius 3 is 2.64 bits per heavy atom. The summed E-state index contributed by atoms with van der Waals surface area (Å²) >= 11 is 1.26. The Kier molecular flexibility index (Phi) is 4.96. The third-order valence-corrected chi connectivity index (χ3v) is 6.38. The van der Waals surface area contributed by atoms with Gasteiger partial charge < -0.3 is 9.15 Å². The number of thiazole rings is 1. The molecule has 8 nitrogen and oxygen atoms in total. The fraction of sp³-hybridized carbons (Fsp3) is 0.467. The molecule has 1 N–H and O–H groups in total. The van der Waals surface area contributed by atoms with Gasteiger partial charge in [-0.05, 0) is 20.8 Å². The van der Waals surface area contributed by atoms with Crippen LogP contribution in [0.1, 0.15) is 30.2 Å². The Balaban J connectivity index is 1.85. The van der Waals surface area contributed by atoms with Crippen LogP contribution in [0.4, 0.5) is 5.13 Å². The first-order chi connectivity index (χ1) is 11.8. The topological polar surface area (TPSA) is 102 Å². The van der Waals surface area contributed by atoms with Gasteiger partial charge >= 0.3 is 0 Å². The molecule has 1 fully saturated rings. The van der Waals surface area contributed by atoms with Gasteiger partial charge in [0.15, 0.2) is 10.9 Å². The Morgan fingerprint density at radius 2 is 2.04 bits per heavy atom. The minimum absolute atomic E-state index is 0.00177. The molecule has 1 saturated heterocycles. The number of aryl methyl sites for hydroxylation is 1. The molecular weight excluding hydrogens is 366 g/mol. The molecule has 0 aliphatic carbocycles. The lowest BCUT2D eigenvalue weighted by Crippen LogP contribution is -2.48. The highest BCUT2D eigenvalue weighted by Crippen LogP contribution is 2.27. The molecule has 0 saturated carbocycles. The number of morpholine rings is 1. The van der Waals surface area contributed by atoms with Crippen molar-refractivity contribution in [3.63, 3.8) is 0 Å². The number of anilines is 1. The largest absolute Gasteiger partial charge is 0.455 e. The van der Waals surface area contributed by atoms with Crippen LogP contribution in [-0.2, 0) is 14.8 Å². The normalized spacial score (nSPS) is 22.0. The second kappa shape index (κ2) is 6.87. The van der Waals surface area contributed by atoms with Crippen molar-refractivity contribution in [3.05, 3.63) is 29.2 Å². The van der Waals surface area contributed by atoms with E-state index in [0.717, 1.165) is 0 Å². The van der Waals surface area contributed by atoms with Gasteiger partial charge in [-0.3, -0.25) is 10.1 Å². The molecule has 0 spiro atoms. The van der Waals surface area contributed by atoms with Crippen LogP contribution in [0.2, 0.25) is 0 Å². The van der Waals surface area contributed by atoms with Crippen molar-refractivity contribution in [3.8, 4) is 0 Å². The summed E-state index contributed by atoms with van der Waals surface area (Å²) in [5.41, 5.74) is 0. The van der Waals surface area contributed by atoms with E-state index < -0.39 is 15.9 Å². The molecule has 25 heavy (non-hydrogen) atoms. The number of carbonyl (C=O) groups is 1. The number of hydrogen-bond donors (Lipinski definition) is 1. The zero-order valence-electron chi connectivity index (χ0n) is 14.1. The first kappa shape index (κ1) is 18.1. The van der Waals surface area contributed by atoms with Crippen molar-refractivity contribution in [2.75, 3.05) is 18.4 Å². The minimum atomic E-state index is -3.77. The molecule has 1 aliphatic rings. The van der Waals surface area contributed by atoms with Crippen LogP contribution >= 0.6 is 11.3 Å². The van der Waals surface area contributed by atoms with Crippen LogP contribution < -0.4 is 5.32 Å². The van der Waals surface area contributed by atoms with Gasteiger partial charge in [0, 0.05) is 30.7 Å². The summed E-state index contributed by atoms with van der Waals surface area (Å²) in [6, 6.07) is 1.26. The number of hydrogen-bond acceptors (Lipinski definition) is 7. The molecule has 1 aliphatic heterocycles. The highest BCUT2D eigenvalue weighted by Gasteiger charge is 2.35. The zero-order valence-corrected chi connectivity index (χ0v) is 15.7. The molecule has 1 amide bonds. The molecule has 2 aromatic heterocycles. The van der Waals surface area contributed by atoms with Gasteiger partial charge in [-0.15, -0.1) is 11.3 Å². The van der Waals surface area contributed by atoms with Crippen molar-refractivity contribution in [2.24, 2.45) is 0 Å². The summed E-state index contributed by atoms with van der Waals surface area (Å²) in [6.07, 6.45) is 1.17. The number of ether oxygens (including phenoxy) is 1. The maximum Gasteiger partial charge on any atom is 0.293 e. The molecule has 0 bridgehead atoms. The predicted octanol–water partition coefficient (Wildman–Crippen LogP) is 2.09. The molecule has 3 rings (SSSR count). The lowest BCUT2D eigenvalue weighted by Gasteiger charge is -2.34. The van der Waals surface area contributed by atoms with Gasteiger partial charge in [0.05, 0.1) is 12.2 Å². The molecule has 0 aromatic carbocycles. The third-order valence-electron chi connectivity index (χ3n) is 3.75. The maximum atomic E-state index is 12.9. The minimum Gasteiger partial charge on any atom is -0.455 e. The number of sulfonamides is 1. The third kappa shape index (κ3) is 3.76. The highest BCUT2D eigenvalue weighted by molar-refractivity contribution is 7.89. The lowest BCUT2D eigenvalue weighted by atomic mass is 10.3. The van der Waals surface area contributed by atoms with Crippen LogP contribution in [0, 0.1) is 6.92 Å². The molecular formula is C15H19N3O5S2. The Bertz CT molecular complexity index is 850. The zero-order chi connectivity index (χ0) is 18.2. The monoisotopic (exact) mass is 385 g/mol. The van der Waals surface area contributed by atoms with Crippen LogP contribution in [-0.4, -0.2) is 48.9 Å². The van der Waals surface area contributed by atoms with E-state index in [0.29, 0.717) is 5.13 Å². The molecule has 136 valence electrons. The molecule has 2 atom stereocenters. The molecule has 10 heteroatoms. The quantitative estimate of drug-likeness (QED) is 0.865. The fourth-order valence-corrected chi connectivity index (χ4v) is 5.02. The molecule has 0 unspecified atom stereocenters. The van der Waals surface area contributed by atoms with E-state index in [2.05, 4.69) is 10.3 Å². The van der Waals surface area contributed by atoms with Gasteiger partial charge in [-0.2, -0.15) is 4.31 Å². The molecule has 2 aromatic rings.